The monoisotopic (exact) mass is 499 g/mol. The normalized spacial score (nSPS) is 18.1. The van der Waals surface area contributed by atoms with E-state index in [9.17, 15) is 33.0 Å². The average Bonchev–Trinajstić information content (AvgIpc) is 3.16. The topological polar surface area (TPSA) is 125 Å². The van der Waals surface area contributed by atoms with Crippen LogP contribution in [0.1, 0.15) is 75.9 Å². The number of benzene rings is 1. The second-order valence-electron chi connectivity index (χ2n) is 8.76. The molecule has 2 amide bonds. The van der Waals surface area contributed by atoms with Crippen LogP contribution < -0.4 is 10.6 Å². The van der Waals surface area contributed by atoms with Gasteiger partial charge in [-0.25, -0.2) is 0 Å². The lowest BCUT2D eigenvalue weighted by molar-refractivity contribution is -0.184. The van der Waals surface area contributed by atoms with Crippen LogP contribution in [0.3, 0.4) is 0 Å². The first-order valence-corrected chi connectivity index (χ1v) is 11.2. The van der Waals surface area contributed by atoms with E-state index in [1.165, 1.54) is 6.07 Å². The number of nitrogens with one attached hydrogen (secondary N) is 2. The van der Waals surface area contributed by atoms with Crippen LogP contribution in [0, 0.1) is 11.8 Å². The van der Waals surface area contributed by atoms with Gasteiger partial charge in [0.05, 0.1) is 11.5 Å². The molecule has 0 unspecified atom stereocenters. The molecule has 0 aliphatic heterocycles. The molecule has 1 aliphatic rings. The lowest BCUT2D eigenvalue weighted by Gasteiger charge is -2.29. The molecular formula is C24H32F3N3O5. The van der Waals surface area contributed by atoms with Crippen molar-refractivity contribution < 1.29 is 37.5 Å². The Morgan fingerprint density at radius 3 is 2.31 bits per heavy atom. The van der Waals surface area contributed by atoms with E-state index in [4.69, 9.17) is 4.52 Å². The summed E-state index contributed by atoms with van der Waals surface area (Å²) in [5.41, 5.74) is 0.268. The van der Waals surface area contributed by atoms with E-state index >= 15 is 0 Å². The number of nitrogens with zero attached hydrogens (tertiary/aromatic N) is 1. The van der Waals surface area contributed by atoms with E-state index in [1.54, 1.807) is 6.92 Å². The van der Waals surface area contributed by atoms with Gasteiger partial charge in [0.25, 0.3) is 5.91 Å². The summed E-state index contributed by atoms with van der Waals surface area (Å²) in [4.78, 5) is 25.5. The van der Waals surface area contributed by atoms with Crippen LogP contribution in [0.15, 0.2) is 16.7 Å². The Hall–Kier alpha value is -3.24. The lowest BCUT2D eigenvalue weighted by Crippen LogP contribution is -2.33. The van der Waals surface area contributed by atoms with E-state index in [0.717, 1.165) is 6.07 Å². The zero-order chi connectivity index (χ0) is 25.2. The first-order valence-electron chi connectivity index (χ1n) is 11.2. The molecule has 0 radical (unpaired) electrons. The molecule has 1 aliphatic carbocycles. The van der Waals surface area contributed by atoms with Crippen molar-refractivity contribution in [3.8, 4) is 22.8 Å². The summed E-state index contributed by atoms with van der Waals surface area (Å²) in [7, 11) is 0. The average molecular weight is 500 g/mol. The van der Waals surface area contributed by atoms with Crippen LogP contribution in [-0.4, -0.2) is 39.9 Å². The second-order valence-corrected chi connectivity index (χ2v) is 8.76. The number of halogens is 3. The lowest BCUT2D eigenvalue weighted by atomic mass is 9.81. The Labute approximate surface area is 201 Å². The molecule has 1 aromatic heterocycles. The minimum Gasteiger partial charge on any atom is -0.508 e. The predicted octanol–water partition coefficient (Wildman–Crippen LogP) is 5.57. The molecule has 0 spiro atoms. The fraction of sp³-hybridized carbons (Fsp3) is 0.542. The van der Waals surface area contributed by atoms with Gasteiger partial charge in [-0.15, -0.1) is 0 Å². The number of hydrogen-bond acceptors (Lipinski definition) is 6. The molecule has 2 aromatic rings. The van der Waals surface area contributed by atoms with Gasteiger partial charge in [0.2, 0.25) is 5.91 Å². The molecule has 3 rings (SSSR count). The summed E-state index contributed by atoms with van der Waals surface area (Å²) >= 11 is 0. The first kappa shape index (κ1) is 28.0. The van der Waals surface area contributed by atoms with E-state index < -0.39 is 29.8 Å². The molecule has 1 fully saturated rings. The number of alkyl halides is 3. The number of hydrogen-bond donors (Lipinski definition) is 4. The Bertz CT molecular complexity index is 1060. The summed E-state index contributed by atoms with van der Waals surface area (Å²) in [6.45, 7) is 5.63. The Kier molecular flexibility index (Phi) is 8.80. The number of phenols is 2. The van der Waals surface area contributed by atoms with Gasteiger partial charge in [0.15, 0.2) is 11.5 Å². The molecule has 1 heterocycles. The van der Waals surface area contributed by atoms with Gasteiger partial charge in [-0.2, -0.15) is 13.2 Å². The fourth-order valence-electron chi connectivity index (χ4n) is 4.14. The molecule has 0 atom stereocenters. The number of phenolic OH excluding ortho intramolecular Hbond substituents is 2. The summed E-state index contributed by atoms with van der Waals surface area (Å²) in [5.74, 6) is -4.01. The van der Waals surface area contributed by atoms with Crippen LogP contribution in [0.25, 0.3) is 11.3 Å². The number of carbonyl (C=O) groups is 2. The third-order valence-corrected chi connectivity index (χ3v) is 6.07. The molecule has 1 saturated carbocycles. The van der Waals surface area contributed by atoms with E-state index in [0.29, 0.717) is 5.56 Å². The molecule has 194 valence electrons. The summed E-state index contributed by atoms with van der Waals surface area (Å²) in [5, 5.41) is 29.5. The zero-order valence-corrected chi connectivity index (χ0v) is 19.1. The number of carbonyl (C=O) groups excluding carboxylic acids is 2. The molecule has 0 bridgehead atoms. The van der Waals surface area contributed by atoms with E-state index in [1.807, 2.05) is 13.8 Å². The second kappa shape index (κ2) is 11.0. The van der Waals surface area contributed by atoms with Crippen molar-refractivity contribution in [3.05, 3.63) is 23.4 Å². The quantitative estimate of drug-likeness (QED) is 0.412. The van der Waals surface area contributed by atoms with E-state index in [2.05, 4.69) is 15.8 Å². The maximum absolute atomic E-state index is 13.0. The SMILES string of the molecule is C.CCNC(=O)c1noc(-c2cc(C(C)C)c(O)cc2O)c1NC(=O)C1CCC(C(F)(F)F)CC1. The summed E-state index contributed by atoms with van der Waals surface area (Å²) in [6, 6.07) is 2.60. The van der Waals surface area contributed by atoms with Gasteiger partial charge in [0, 0.05) is 18.5 Å². The molecule has 8 nitrogen and oxygen atoms in total. The highest BCUT2D eigenvalue weighted by Gasteiger charge is 2.42. The van der Waals surface area contributed by atoms with Gasteiger partial charge in [0.1, 0.15) is 17.2 Å². The maximum Gasteiger partial charge on any atom is 0.391 e. The predicted molar refractivity (Wildman–Crippen MR) is 124 cm³/mol. The molecule has 4 N–H and O–H groups in total. The van der Waals surface area contributed by atoms with Crippen LogP contribution in [-0.2, 0) is 4.79 Å². The standard InChI is InChI=1S/C23H28F3N3O5.CH4/c1-4-27-22(33)19-18(28-21(32)12-5-7-13(8-6-12)23(24,25)26)20(34-29-19)15-9-14(11(2)3)16(30)10-17(15)31;/h9-13,30-31H,4-8H2,1-3H3,(H,27,33)(H,28,32);1H4. The number of anilines is 1. The Morgan fingerprint density at radius 2 is 1.77 bits per heavy atom. The number of amides is 2. The number of aromatic hydroxyl groups is 2. The van der Waals surface area contributed by atoms with Gasteiger partial charge in [-0.05, 0) is 50.2 Å². The van der Waals surface area contributed by atoms with Gasteiger partial charge < -0.3 is 25.4 Å². The molecule has 35 heavy (non-hydrogen) atoms. The van der Waals surface area contributed by atoms with Crippen LogP contribution in [0.5, 0.6) is 11.5 Å². The van der Waals surface area contributed by atoms with Gasteiger partial charge >= 0.3 is 6.18 Å². The van der Waals surface area contributed by atoms with Crippen molar-refractivity contribution in [2.24, 2.45) is 11.8 Å². The fourth-order valence-corrected chi connectivity index (χ4v) is 4.14. The maximum atomic E-state index is 13.0. The number of aromatic nitrogens is 1. The van der Waals surface area contributed by atoms with Crippen molar-refractivity contribution in [2.45, 2.75) is 66.0 Å². The van der Waals surface area contributed by atoms with Crippen LogP contribution in [0.4, 0.5) is 18.9 Å². The third kappa shape index (κ3) is 6.07. The van der Waals surface area contributed by atoms with E-state index in [-0.39, 0.29) is 79.8 Å². The van der Waals surface area contributed by atoms with Crippen molar-refractivity contribution >= 4 is 17.5 Å². The van der Waals surface area contributed by atoms with Crippen molar-refractivity contribution in [2.75, 3.05) is 11.9 Å². The van der Waals surface area contributed by atoms with Gasteiger partial charge in [-0.3, -0.25) is 9.59 Å². The zero-order valence-electron chi connectivity index (χ0n) is 19.1. The molecule has 11 heteroatoms. The smallest absolute Gasteiger partial charge is 0.391 e. The minimum absolute atomic E-state index is 0. The first-order chi connectivity index (χ1) is 15.9. The highest BCUT2D eigenvalue weighted by molar-refractivity contribution is 6.06. The highest BCUT2D eigenvalue weighted by Crippen LogP contribution is 2.43. The van der Waals surface area contributed by atoms with Crippen molar-refractivity contribution in [1.82, 2.24) is 10.5 Å². The van der Waals surface area contributed by atoms with Crippen molar-refractivity contribution in [3.63, 3.8) is 0 Å². The summed E-state index contributed by atoms with van der Waals surface area (Å²) in [6.07, 6.45) is -4.50. The number of rotatable bonds is 6. The third-order valence-electron chi connectivity index (χ3n) is 6.07. The summed E-state index contributed by atoms with van der Waals surface area (Å²) < 4.78 is 44.3. The molecule has 0 saturated heterocycles. The van der Waals surface area contributed by atoms with Gasteiger partial charge in [-0.1, -0.05) is 26.4 Å². The minimum atomic E-state index is -4.29. The van der Waals surface area contributed by atoms with Crippen molar-refractivity contribution in [1.29, 1.82) is 0 Å². The van der Waals surface area contributed by atoms with Crippen LogP contribution in [0.2, 0.25) is 0 Å². The largest absolute Gasteiger partial charge is 0.508 e. The highest BCUT2D eigenvalue weighted by atomic mass is 19.4. The van der Waals surface area contributed by atoms with Crippen LogP contribution >= 0.6 is 0 Å². The molecular weight excluding hydrogens is 467 g/mol. The Morgan fingerprint density at radius 1 is 1.14 bits per heavy atom. The Balaban J connectivity index is 0.00000432. The molecule has 1 aromatic carbocycles.